The second-order valence-corrected chi connectivity index (χ2v) is 12.7. The summed E-state index contributed by atoms with van der Waals surface area (Å²) in [5.41, 5.74) is 0. The molecule has 25 heavy (non-hydrogen) atoms. The predicted octanol–water partition coefficient (Wildman–Crippen LogP) is 4.79. The highest BCUT2D eigenvalue weighted by molar-refractivity contribution is 6.74. The molecule has 0 saturated heterocycles. The van der Waals surface area contributed by atoms with Crippen molar-refractivity contribution in [3.63, 3.8) is 0 Å². The Balaban J connectivity index is 2.95. The Morgan fingerprint density at radius 1 is 1.16 bits per heavy atom. The molecule has 1 N–H and O–H groups in total. The maximum absolute atomic E-state index is 10.6. The number of rotatable bonds is 9. The molecule has 0 fully saturated rings. The number of ether oxygens (including phenoxy) is 2. The zero-order chi connectivity index (χ0) is 19.3. The molecular weight excluding hydrogens is 332 g/mol. The van der Waals surface area contributed by atoms with Gasteiger partial charge in [0.1, 0.15) is 23.7 Å². The molecule has 0 radical (unpaired) electrons. The highest BCUT2D eigenvalue weighted by atomic mass is 28.4. The summed E-state index contributed by atoms with van der Waals surface area (Å²) in [5.74, 6) is 1.50. The van der Waals surface area contributed by atoms with Crippen molar-refractivity contribution < 1.29 is 19.0 Å². The maximum Gasteiger partial charge on any atom is 0.192 e. The Kier molecular flexibility index (Phi) is 7.72. The smallest absolute Gasteiger partial charge is 0.192 e. The molecule has 0 aliphatic heterocycles. The Morgan fingerprint density at radius 3 is 2.12 bits per heavy atom. The molecule has 0 amide bonds. The quantitative estimate of drug-likeness (QED) is 0.504. The number of aliphatic hydroxyl groups excluding tert-OH is 1. The van der Waals surface area contributed by atoms with Gasteiger partial charge in [0.15, 0.2) is 8.32 Å². The molecule has 0 saturated carbocycles. The molecule has 0 aromatic heterocycles. The molecule has 0 bridgehead atoms. The van der Waals surface area contributed by atoms with Crippen molar-refractivity contribution in [2.45, 2.75) is 70.6 Å². The van der Waals surface area contributed by atoms with E-state index in [1.807, 2.05) is 31.2 Å². The summed E-state index contributed by atoms with van der Waals surface area (Å²) in [4.78, 5) is 0. The van der Waals surface area contributed by atoms with Crippen LogP contribution in [0.5, 0.6) is 11.5 Å². The van der Waals surface area contributed by atoms with Gasteiger partial charge < -0.3 is 19.0 Å². The maximum atomic E-state index is 10.6. The molecule has 0 spiro atoms. The summed E-state index contributed by atoms with van der Waals surface area (Å²) in [7, 11) is -0.417. The number of hydrogen-bond acceptors (Lipinski definition) is 4. The predicted molar refractivity (Wildman–Crippen MR) is 106 cm³/mol. The van der Waals surface area contributed by atoms with Crippen molar-refractivity contribution in [1.82, 2.24) is 0 Å². The van der Waals surface area contributed by atoms with Crippen LogP contribution < -0.4 is 9.47 Å². The summed E-state index contributed by atoms with van der Waals surface area (Å²) in [5, 5.41) is 10.6. The van der Waals surface area contributed by atoms with Crippen LogP contribution in [-0.4, -0.2) is 38.8 Å². The normalized spacial score (nSPS) is 16.0. The van der Waals surface area contributed by atoms with Gasteiger partial charge in [0, 0.05) is 0 Å². The summed E-state index contributed by atoms with van der Waals surface area (Å²) in [6.45, 7) is 16.6. The summed E-state index contributed by atoms with van der Waals surface area (Å²) < 4.78 is 17.7. The third-order valence-electron chi connectivity index (χ3n) is 4.87. The van der Waals surface area contributed by atoms with E-state index in [-0.39, 0.29) is 11.1 Å². The minimum Gasteiger partial charge on any atom is -0.497 e. The van der Waals surface area contributed by atoms with E-state index < -0.39 is 20.5 Å². The Hall–Kier alpha value is -1.30. The van der Waals surface area contributed by atoms with Crippen LogP contribution in [0.25, 0.3) is 0 Å². The van der Waals surface area contributed by atoms with Crippen LogP contribution in [-0.2, 0) is 4.43 Å². The van der Waals surface area contributed by atoms with Gasteiger partial charge in [0.05, 0.1) is 13.2 Å². The standard InChI is InChI=1S/C20H34O4Si/c1-9-10-18(21)19(24-25(7,8)20(3,4)5)15(2)23-17-13-11-16(22-6)12-14-17/h9,11-15,18-19,21H,1,10H2,2-8H3/t15-,18-,19-/m0/s1. The average Bonchev–Trinajstić information content (AvgIpc) is 2.52. The first-order valence-corrected chi connectivity index (χ1v) is 11.7. The first kappa shape index (κ1) is 21.7. The van der Waals surface area contributed by atoms with Crippen molar-refractivity contribution in [2.75, 3.05) is 7.11 Å². The fourth-order valence-electron chi connectivity index (χ4n) is 2.25. The minimum atomic E-state index is -2.05. The molecule has 1 aromatic carbocycles. The monoisotopic (exact) mass is 366 g/mol. The topological polar surface area (TPSA) is 47.9 Å². The molecule has 5 heteroatoms. The zero-order valence-corrected chi connectivity index (χ0v) is 17.7. The molecule has 0 aliphatic carbocycles. The van der Waals surface area contributed by atoms with E-state index in [1.165, 1.54) is 0 Å². The van der Waals surface area contributed by atoms with Crippen molar-refractivity contribution >= 4 is 8.32 Å². The highest BCUT2D eigenvalue weighted by Gasteiger charge is 2.42. The van der Waals surface area contributed by atoms with Crippen LogP contribution in [0.4, 0.5) is 0 Å². The van der Waals surface area contributed by atoms with Crippen LogP contribution in [0.1, 0.15) is 34.1 Å². The van der Waals surface area contributed by atoms with Crippen molar-refractivity contribution in [3.8, 4) is 11.5 Å². The second kappa shape index (κ2) is 8.88. The molecule has 0 unspecified atom stereocenters. The average molecular weight is 367 g/mol. The lowest BCUT2D eigenvalue weighted by Gasteiger charge is -2.42. The van der Waals surface area contributed by atoms with E-state index in [4.69, 9.17) is 13.9 Å². The fraction of sp³-hybridized carbons (Fsp3) is 0.600. The molecule has 4 nitrogen and oxygen atoms in total. The number of hydrogen-bond donors (Lipinski definition) is 1. The second-order valence-electron chi connectivity index (χ2n) is 7.93. The molecular formula is C20H34O4Si. The lowest BCUT2D eigenvalue weighted by Crippen LogP contribution is -2.51. The molecule has 1 rings (SSSR count). The van der Waals surface area contributed by atoms with Gasteiger partial charge in [0.2, 0.25) is 0 Å². The Labute approximate surface area is 153 Å². The SMILES string of the molecule is C=CC[C@H](O)[C@@H](O[Si](C)(C)C(C)(C)C)[C@H](C)Oc1ccc(OC)cc1. The van der Waals surface area contributed by atoms with E-state index in [9.17, 15) is 5.11 Å². The summed E-state index contributed by atoms with van der Waals surface area (Å²) >= 11 is 0. The van der Waals surface area contributed by atoms with Gasteiger partial charge in [0.25, 0.3) is 0 Å². The molecule has 0 aliphatic rings. The summed E-state index contributed by atoms with van der Waals surface area (Å²) in [6.07, 6.45) is 0.820. The summed E-state index contributed by atoms with van der Waals surface area (Å²) in [6, 6.07) is 7.43. The van der Waals surface area contributed by atoms with Crippen molar-refractivity contribution in [1.29, 1.82) is 0 Å². The lowest BCUT2D eigenvalue weighted by molar-refractivity contribution is -0.0324. The van der Waals surface area contributed by atoms with Crippen LogP contribution in [0.2, 0.25) is 18.1 Å². The molecule has 3 atom stereocenters. The minimum absolute atomic E-state index is 0.0545. The van der Waals surface area contributed by atoms with Crippen molar-refractivity contribution in [2.24, 2.45) is 0 Å². The first-order valence-electron chi connectivity index (χ1n) is 8.79. The Bertz CT molecular complexity index is 534. The zero-order valence-electron chi connectivity index (χ0n) is 16.7. The first-order chi connectivity index (χ1) is 11.5. The van der Waals surface area contributed by atoms with E-state index >= 15 is 0 Å². The van der Waals surface area contributed by atoms with Gasteiger partial charge >= 0.3 is 0 Å². The Morgan fingerprint density at radius 2 is 1.68 bits per heavy atom. The highest BCUT2D eigenvalue weighted by Crippen LogP contribution is 2.38. The number of methoxy groups -OCH3 is 1. The third kappa shape index (κ3) is 6.17. The third-order valence-corrected chi connectivity index (χ3v) is 9.34. The van der Waals surface area contributed by atoms with Gasteiger partial charge in [-0.2, -0.15) is 0 Å². The van der Waals surface area contributed by atoms with Crippen LogP contribution in [0.15, 0.2) is 36.9 Å². The fourth-order valence-corrected chi connectivity index (χ4v) is 3.63. The molecule has 142 valence electrons. The van der Waals surface area contributed by atoms with Crippen molar-refractivity contribution in [3.05, 3.63) is 36.9 Å². The van der Waals surface area contributed by atoms with E-state index in [0.29, 0.717) is 6.42 Å². The number of benzene rings is 1. The largest absolute Gasteiger partial charge is 0.497 e. The van der Waals surface area contributed by atoms with Crippen LogP contribution in [0, 0.1) is 0 Å². The van der Waals surface area contributed by atoms with Gasteiger partial charge in [-0.05, 0) is 55.7 Å². The van der Waals surface area contributed by atoms with E-state index in [1.54, 1.807) is 13.2 Å². The lowest BCUT2D eigenvalue weighted by atomic mass is 10.1. The van der Waals surface area contributed by atoms with Gasteiger partial charge in [-0.25, -0.2) is 0 Å². The van der Waals surface area contributed by atoms with Crippen LogP contribution >= 0.6 is 0 Å². The van der Waals surface area contributed by atoms with Gasteiger partial charge in [-0.15, -0.1) is 6.58 Å². The molecule has 0 heterocycles. The number of aliphatic hydroxyl groups is 1. The van der Waals surface area contributed by atoms with Gasteiger partial charge in [-0.3, -0.25) is 0 Å². The van der Waals surface area contributed by atoms with E-state index in [0.717, 1.165) is 11.5 Å². The molecule has 1 aromatic rings. The van der Waals surface area contributed by atoms with Gasteiger partial charge in [-0.1, -0.05) is 26.8 Å². The van der Waals surface area contributed by atoms with Crippen LogP contribution in [0.3, 0.4) is 0 Å². The van der Waals surface area contributed by atoms with E-state index in [2.05, 4.69) is 40.4 Å².